The maximum absolute atomic E-state index is 13.0. The summed E-state index contributed by atoms with van der Waals surface area (Å²) in [7, 11) is -3.73. The number of Topliss-reactive ketones (excluding diaryl/α,β-unsaturated/α-hetero) is 1. The highest BCUT2D eigenvalue weighted by Gasteiger charge is 2.45. The molecule has 0 spiro atoms. The smallest absolute Gasteiger partial charge is 0.235 e. The van der Waals surface area contributed by atoms with E-state index in [2.05, 4.69) is 0 Å². The van der Waals surface area contributed by atoms with Crippen LogP contribution in [0.5, 0.6) is 5.75 Å². The molecular formula is C20H17Cl2NO4S. The average molecular weight is 438 g/mol. The Labute approximate surface area is 173 Å². The number of rotatable bonds is 6. The van der Waals surface area contributed by atoms with Crippen molar-refractivity contribution in [3.63, 3.8) is 0 Å². The molecule has 5 nitrogen and oxygen atoms in total. The molecule has 0 heterocycles. The molecular weight excluding hydrogens is 421 g/mol. The van der Waals surface area contributed by atoms with Crippen molar-refractivity contribution in [2.45, 2.75) is 23.0 Å². The molecule has 2 aromatic rings. The van der Waals surface area contributed by atoms with Crippen molar-refractivity contribution in [3.05, 3.63) is 58.6 Å². The molecule has 1 aliphatic carbocycles. The summed E-state index contributed by atoms with van der Waals surface area (Å²) in [6.07, 6.45) is 0.299. The predicted molar refractivity (Wildman–Crippen MR) is 106 cm³/mol. The maximum Gasteiger partial charge on any atom is 0.235 e. The van der Waals surface area contributed by atoms with E-state index in [1.807, 2.05) is 0 Å². The van der Waals surface area contributed by atoms with Gasteiger partial charge in [0.15, 0.2) is 9.84 Å². The van der Waals surface area contributed by atoms with Gasteiger partial charge in [0.1, 0.15) is 11.8 Å². The Balaban J connectivity index is 1.80. The van der Waals surface area contributed by atoms with E-state index in [0.29, 0.717) is 10.8 Å². The van der Waals surface area contributed by atoms with E-state index in [1.54, 1.807) is 42.5 Å². The van der Waals surface area contributed by atoms with Gasteiger partial charge in [0.05, 0.1) is 21.8 Å². The number of carbonyl (C=O) groups is 1. The lowest BCUT2D eigenvalue weighted by Crippen LogP contribution is -2.22. The summed E-state index contributed by atoms with van der Waals surface area (Å²) in [6.45, 7) is 0.133. The third-order valence-corrected chi connectivity index (χ3v) is 7.88. The van der Waals surface area contributed by atoms with Crippen LogP contribution in [0.3, 0.4) is 0 Å². The Bertz CT molecular complexity index is 1020. The standard InChI is InChI=1S/C20H17Cl2NO4S/c21-14-5-7-15(8-6-14)27-12-13-9-16(10-17(13)19(24)11-23)28(25,26)20-4-2-1-3-18(20)22/h1-8,13,16-17H,9-10,12H2/t13-,16-,17+/m0/s1. The molecule has 0 amide bonds. The lowest BCUT2D eigenvalue weighted by Gasteiger charge is -2.16. The first-order valence-electron chi connectivity index (χ1n) is 8.63. The molecule has 28 heavy (non-hydrogen) atoms. The maximum atomic E-state index is 13.0. The number of carbonyl (C=O) groups excluding carboxylic acids is 1. The minimum Gasteiger partial charge on any atom is -0.493 e. The zero-order chi connectivity index (χ0) is 20.3. The molecule has 0 bridgehead atoms. The van der Waals surface area contributed by atoms with E-state index in [0.717, 1.165) is 0 Å². The van der Waals surface area contributed by atoms with Gasteiger partial charge in [0, 0.05) is 16.9 Å². The van der Waals surface area contributed by atoms with Crippen LogP contribution in [-0.2, 0) is 14.6 Å². The summed E-state index contributed by atoms with van der Waals surface area (Å²) in [4.78, 5) is 12.1. The molecule has 0 aromatic heterocycles. The first kappa shape index (κ1) is 20.7. The first-order valence-corrected chi connectivity index (χ1v) is 10.9. The number of nitriles is 1. The SMILES string of the molecule is N#CC(=O)[C@@H]1C[C@@H](S(=O)(=O)c2ccccc2Cl)C[C@H]1COc1ccc(Cl)cc1. The predicted octanol–water partition coefficient (Wildman–Crippen LogP) is 4.33. The second-order valence-corrected chi connectivity index (χ2v) is 9.72. The second kappa shape index (κ2) is 8.52. The lowest BCUT2D eigenvalue weighted by molar-refractivity contribution is -0.118. The Morgan fingerprint density at radius 1 is 1.11 bits per heavy atom. The van der Waals surface area contributed by atoms with Crippen molar-refractivity contribution < 1.29 is 17.9 Å². The Morgan fingerprint density at radius 2 is 1.79 bits per heavy atom. The van der Waals surface area contributed by atoms with E-state index < -0.39 is 26.8 Å². The van der Waals surface area contributed by atoms with Crippen LogP contribution < -0.4 is 4.74 Å². The molecule has 146 valence electrons. The highest BCUT2D eigenvalue weighted by Crippen LogP contribution is 2.40. The van der Waals surface area contributed by atoms with Gasteiger partial charge in [0.2, 0.25) is 5.78 Å². The number of hydrogen-bond donors (Lipinski definition) is 0. The summed E-state index contributed by atoms with van der Waals surface area (Å²) >= 11 is 11.9. The van der Waals surface area contributed by atoms with Gasteiger partial charge in [-0.05, 0) is 49.2 Å². The van der Waals surface area contributed by atoms with Crippen molar-refractivity contribution in [1.29, 1.82) is 5.26 Å². The van der Waals surface area contributed by atoms with Crippen LogP contribution in [0.25, 0.3) is 0 Å². The largest absolute Gasteiger partial charge is 0.493 e. The first-order chi connectivity index (χ1) is 13.3. The zero-order valence-electron chi connectivity index (χ0n) is 14.7. The van der Waals surface area contributed by atoms with Crippen molar-refractivity contribution in [3.8, 4) is 11.8 Å². The quantitative estimate of drug-likeness (QED) is 0.627. The molecule has 3 rings (SSSR count). The Kier molecular flexibility index (Phi) is 6.29. The fourth-order valence-corrected chi connectivity index (χ4v) is 6.02. The monoisotopic (exact) mass is 437 g/mol. The normalized spacial score (nSPS) is 21.8. The van der Waals surface area contributed by atoms with Gasteiger partial charge in [-0.15, -0.1) is 0 Å². The van der Waals surface area contributed by atoms with Crippen LogP contribution in [0.15, 0.2) is 53.4 Å². The van der Waals surface area contributed by atoms with Gasteiger partial charge >= 0.3 is 0 Å². The fourth-order valence-electron chi connectivity index (χ4n) is 3.50. The highest BCUT2D eigenvalue weighted by atomic mass is 35.5. The van der Waals surface area contributed by atoms with E-state index in [-0.39, 0.29) is 35.3 Å². The van der Waals surface area contributed by atoms with Crippen LogP contribution in [-0.4, -0.2) is 26.1 Å². The number of hydrogen-bond acceptors (Lipinski definition) is 5. The second-order valence-electron chi connectivity index (χ2n) is 6.68. The third kappa shape index (κ3) is 4.33. The van der Waals surface area contributed by atoms with E-state index in [4.69, 9.17) is 33.2 Å². The average Bonchev–Trinajstić information content (AvgIpc) is 3.12. The minimum atomic E-state index is -3.73. The summed E-state index contributed by atoms with van der Waals surface area (Å²) in [6, 6.07) is 14.6. The number of ether oxygens (including phenoxy) is 1. The molecule has 3 atom stereocenters. The Morgan fingerprint density at radius 3 is 2.43 bits per heavy atom. The molecule has 1 fully saturated rings. The van der Waals surface area contributed by atoms with E-state index in [1.165, 1.54) is 12.1 Å². The van der Waals surface area contributed by atoms with Crippen LogP contribution >= 0.6 is 23.2 Å². The molecule has 2 aromatic carbocycles. The summed E-state index contributed by atoms with van der Waals surface area (Å²) in [5.74, 6) is -1.14. The molecule has 0 unspecified atom stereocenters. The molecule has 0 saturated heterocycles. The number of ketones is 1. The number of sulfone groups is 1. The topological polar surface area (TPSA) is 84.2 Å². The molecule has 0 N–H and O–H groups in total. The molecule has 8 heteroatoms. The number of nitrogens with zero attached hydrogens (tertiary/aromatic N) is 1. The van der Waals surface area contributed by atoms with E-state index >= 15 is 0 Å². The Hall–Kier alpha value is -2.07. The van der Waals surface area contributed by atoms with Crippen LogP contribution in [0, 0.1) is 23.2 Å². The molecule has 1 saturated carbocycles. The van der Waals surface area contributed by atoms with Gasteiger partial charge in [-0.25, -0.2) is 8.42 Å². The highest BCUT2D eigenvalue weighted by molar-refractivity contribution is 7.92. The summed E-state index contributed by atoms with van der Waals surface area (Å²) < 4.78 is 31.8. The third-order valence-electron chi connectivity index (χ3n) is 4.96. The molecule has 0 radical (unpaired) electrons. The van der Waals surface area contributed by atoms with Crippen molar-refractivity contribution in [2.24, 2.45) is 11.8 Å². The van der Waals surface area contributed by atoms with Gasteiger partial charge in [-0.3, -0.25) is 4.79 Å². The van der Waals surface area contributed by atoms with Crippen molar-refractivity contribution in [2.75, 3.05) is 6.61 Å². The number of benzene rings is 2. The molecule has 1 aliphatic rings. The number of halogens is 2. The summed E-state index contributed by atoms with van der Waals surface area (Å²) in [5, 5.41) is 8.97. The zero-order valence-corrected chi connectivity index (χ0v) is 17.0. The minimum absolute atomic E-state index is 0.0455. The van der Waals surface area contributed by atoms with Crippen LogP contribution in [0.1, 0.15) is 12.8 Å². The molecule has 0 aliphatic heterocycles. The van der Waals surface area contributed by atoms with Crippen LogP contribution in [0.2, 0.25) is 10.0 Å². The summed E-state index contributed by atoms with van der Waals surface area (Å²) in [5.41, 5.74) is 0. The van der Waals surface area contributed by atoms with Crippen molar-refractivity contribution in [1.82, 2.24) is 0 Å². The van der Waals surface area contributed by atoms with Gasteiger partial charge in [0.25, 0.3) is 0 Å². The van der Waals surface area contributed by atoms with E-state index in [9.17, 15) is 13.2 Å². The van der Waals surface area contributed by atoms with Crippen molar-refractivity contribution >= 4 is 38.8 Å². The lowest BCUT2D eigenvalue weighted by atomic mass is 9.93. The fraction of sp³-hybridized carbons (Fsp3) is 0.300. The van der Waals surface area contributed by atoms with Gasteiger partial charge in [-0.1, -0.05) is 35.3 Å². The van der Waals surface area contributed by atoms with Crippen LogP contribution in [0.4, 0.5) is 0 Å². The van der Waals surface area contributed by atoms with Gasteiger partial charge < -0.3 is 4.74 Å². The van der Waals surface area contributed by atoms with Gasteiger partial charge in [-0.2, -0.15) is 5.26 Å².